The number of allylic oxidation sites excluding steroid dienone is 1. The third kappa shape index (κ3) is 3.31. The number of rotatable bonds is 3. The van der Waals surface area contributed by atoms with Crippen LogP contribution in [0.5, 0.6) is 0 Å². The fraction of sp³-hybridized carbons (Fsp3) is 0.923. The summed E-state index contributed by atoms with van der Waals surface area (Å²) >= 11 is 0. The van der Waals surface area contributed by atoms with Crippen molar-refractivity contribution >= 4 is 0 Å². The molecular weight excluding hydrogens is 344 g/mol. The minimum atomic E-state index is -0.555. The lowest BCUT2D eigenvalue weighted by atomic mass is 9.46. The molecule has 0 amide bonds. The molecule has 2 nitrogen and oxygen atoms in total. The molecule has 0 saturated heterocycles. The summed E-state index contributed by atoms with van der Waals surface area (Å²) in [5.41, 5.74) is 1.29. The normalized spacial score (nSPS) is 49.6. The molecule has 0 aromatic carbocycles. The molecule has 0 heterocycles. The van der Waals surface area contributed by atoms with Gasteiger partial charge in [0.15, 0.2) is 0 Å². The van der Waals surface area contributed by atoms with Crippen molar-refractivity contribution in [2.24, 2.45) is 40.4 Å². The Balaban J connectivity index is 1.57. The first kappa shape index (κ1) is 20.9. The highest BCUT2D eigenvalue weighted by molar-refractivity contribution is 5.26. The highest BCUT2D eigenvalue weighted by Crippen LogP contribution is 2.67. The van der Waals surface area contributed by atoms with Crippen LogP contribution in [0.1, 0.15) is 99.3 Å². The Kier molecular flexibility index (Phi) is 4.91. The summed E-state index contributed by atoms with van der Waals surface area (Å²) < 4.78 is 0. The molecule has 160 valence electrons. The van der Waals surface area contributed by atoms with Crippen molar-refractivity contribution in [3.05, 3.63) is 11.6 Å². The Bertz CT molecular complexity index is 641. The van der Waals surface area contributed by atoms with E-state index in [1.165, 1.54) is 32.1 Å². The van der Waals surface area contributed by atoms with E-state index in [1.54, 1.807) is 5.57 Å². The summed E-state index contributed by atoms with van der Waals surface area (Å²) in [5.74, 6) is 3.84. The molecule has 0 bridgehead atoms. The maximum absolute atomic E-state index is 10.6. The fourth-order valence-electron chi connectivity index (χ4n) is 8.71. The first-order valence-electron chi connectivity index (χ1n) is 12.0. The standard InChI is InChI=1S/C26H44O2/c1-17(15-23(2,3)27)20-9-10-21-19-8-7-18-16-24(4,28)13-14-25(18,5)22(19)11-12-26(20,21)6/h7,17,19-22,27-28H,8-16H2,1-6H3. The summed E-state index contributed by atoms with van der Waals surface area (Å²) in [7, 11) is 0. The van der Waals surface area contributed by atoms with E-state index in [1.807, 2.05) is 20.8 Å². The molecule has 4 aliphatic rings. The zero-order valence-electron chi connectivity index (χ0n) is 19.2. The Labute approximate surface area is 173 Å². The van der Waals surface area contributed by atoms with E-state index < -0.39 is 11.2 Å². The van der Waals surface area contributed by atoms with Gasteiger partial charge in [0.05, 0.1) is 11.2 Å². The summed E-state index contributed by atoms with van der Waals surface area (Å²) in [6.45, 7) is 13.5. The van der Waals surface area contributed by atoms with Crippen molar-refractivity contribution in [3.8, 4) is 0 Å². The average Bonchev–Trinajstić information content (AvgIpc) is 2.91. The first-order chi connectivity index (χ1) is 12.9. The molecule has 0 aromatic rings. The second kappa shape index (κ2) is 6.58. The van der Waals surface area contributed by atoms with Gasteiger partial charge in [-0.2, -0.15) is 0 Å². The maximum Gasteiger partial charge on any atom is 0.0657 e. The van der Waals surface area contributed by atoms with Crippen LogP contribution in [0.25, 0.3) is 0 Å². The molecular formula is C26H44O2. The van der Waals surface area contributed by atoms with Crippen LogP contribution in [0.3, 0.4) is 0 Å². The molecule has 3 saturated carbocycles. The van der Waals surface area contributed by atoms with E-state index in [4.69, 9.17) is 0 Å². The lowest BCUT2D eigenvalue weighted by Gasteiger charge is -2.59. The molecule has 3 fully saturated rings. The predicted octanol–water partition coefficient (Wildman–Crippen LogP) is 6.11. The van der Waals surface area contributed by atoms with Gasteiger partial charge >= 0.3 is 0 Å². The largest absolute Gasteiger partial charge is 0.390 e. The third-order valence-corrected chi connectivity index (χ3v) is 9.96. The number of fused-ring (bicyclic) bond motifs is 5. The van der Waals surface area contributed by atoms with Crippen LogP contribution in [0.15, 0.2) is 11.6 Å². The Morgan fingerprint density at radius 3 is 2.46 bits per heavy atom. The molecule has 2 N–H and O–H groups in total. The maximum atomic E-state index is 10.6. The third-order valence-electron chi connectivity index (χ3n) is 9.96. The highest BCUT2D eigenvalue weighted by Gasteiger charge is 2.59. The molecule has 4 aliphatic carbocycles. The van der Waals surface area contributed by atoms with Gasteiger partial charge in [0.2, 0.25) is 0 Å². The van der Waals surface area contributed by atoms with Crippen LogP contribution in [0, 0.1) is 40.4 Å². The number of hydrogen-bond acceptors (Lipinski definition) is 2. The monoisotopic (exact) mass is 388 g/mol. The summed E-state index contributed by atoms with van der Waals surface area (Å²) in [6, 6.07) is 0. The number of aliphatic hydroxyl groups is 2. The van der Waals surface area contributed by atoms with E-state index in [0.717, 1.165) is 49.4 Å². The lowest BCUT2D eigenvalue weighted by molar-refractivity contribution is -0.0740. The van der Waals surface area contributed by atoms with Gasteiger partial charge in [-0.15, -0.1) is 0 Å². The summed E-state index contributed by atoms with van der Waals surface area (Å²) in [4.78, 5) is 0. The quantitative estimate of drug-likeness (QED) is 0.572. The first-order valence-corrected chi connectivity index (χ1v) is 12.0. The predicted molar refractivity (Wildman–Crippen MR) is 116 cm³/mol. The Morgan fingerprint density at radius 2 is 1.79 bits per heavy atom. The van der Waals surface area contributed by atoms with Gasteiger partial charge in [0, 0.05) is 0 Å². The van der Waals surface area contributed by atoms with Crippen LogP contribution in [-0.4, -0.2) is 21.4 Å². The second-order valence-corrected chi connectivity index (χ2v) is 12.7. The molecule has 28 heavy (non-hydrogen) atoms. The minimum Gasteiger partial charge on any atom is -0.390 e. The zero-order chi connectivity index (χ0) is 20.5. The van der Waals surface area contributed by atoms with Crippen molar-refractivity contribution in [1.82, 2.24) is 0 Å². The van der Waals surface area contributed by atoms with Crippen LogP contribution in [0.2, 0.25) is 0 Å². The lowest BCUT2D eigenvalue weighted by Crippen LogP contribution is -2.52. The molecule has 8 unspecified atom stereocenters. The van der Waals surface area contributed by atoms with Gasteiger partial charge in [-0.1, -0.05) is 32.4 Å². The molecule has 8 atom stereocenters. The molecule has 0 aliphatic heterocycles. The van der Waals surface area contributed by atoms with Gasteiger partial charge < -0.3 is 10.2 Å². The SMILES string of the molecule is CC(CC(C)(C)O)C1CCC2C3CC=C4CC(C)(O)CCC4(C)C3CCC12C. The van der Waals surface area contributed by atoms with Crippen molar-refractivity contribution in [2.75, 3.05) is 0 Å². The Morgan fingerprint density at radius 1 is 1.07 bits per heavy atom. The van der Waals surface area contributed by atoms with Crippen molar-refractivity contribution in [1.29, 1.82) is 0 Å². The highest BCUT2D eigenvalue weighted by atomic mass is 16.3. The topological polar surface area (TPSA) is 40.5 Å². The van der Waals surface area contributed by atoms with Crippen LogP contribution in [0.4, 0.5) is 0 Å². The van der Waals surface area contributed by atoms with Crippen LogP contribution in [-0.2, 0) is 0 Å². The van der Waals surface area contributed by atoms with E-state index in [0.29, 0.717) is 16.7 Å². The summed E-state index contributed by atoms with van der Waals surface area (Å²) in [6.07, 6.45) is 13.2. The Hall–Kier alpha value is -0.340. The number of hydrogen-bond donors (Lipinski definition) is 2. The van der Waals surface area contributed by atoms with Gasteiger partial charge in [-0.05, 0) is 119 Å². The second-order valence-electron chi connectivity index (χ2n) is 12.7. The van der Waals surface area contributed by atoms with Crippen LogP contribution >= 0.6 is 0 Å². The smallest absolute Gasteiger partial charge is 0.0657 e. The zero-order valence-corrected chi connectivity index (χ0v) is 19.2. The summed E-state index contributed by atoms with van der Waals surface area (Å²) in [5, 5.41) is 21.0. The van der Waals surface area contributed by atoms with Gasteiger partial charge in [0.1, 0.15) is 0 Å². The van der Waals surface area contributed by atoms with E-state index in [9.17, 15) is 10.2 Å². The van der Waals surface area contributed by atoms with Crippen molar-refractivity contribution in [3.63, 3.8) is 0 Å². The van der Waals surface area contributed by atoms with E-state index in [2.05, 4.69) is 26.8 Å². The van der Waals surface area contributed by atoms with Gasteiger partial charge in [-0.3, -0.25) is 0 Å². The van der Waals surface area contributed by atoms with Gasteiger partial charge in [-0.25, -0.2) is 0 Å². The van der Waals surface area contributed by atoms with Crippen LogP contribution < -0.4 is 0 Å². The van der Waals surface area contributed by atoms with E-state index >= 15 is 0 Å². The molecule has 4 rings (SSSR count). The molecule has 0 aromatic heterocycles. The van der Waals surface area contributed by atoms with Crippen molar-refractivity contribution < 1.29 is 10.2 Å². The molecule has 0 spiro atoms. The van der Waals surface area contributed by atoms with Gasteiger partial charge in [0.25, 0.3) is 0 Å². The molecule has 2 heteroatoms. The van der Waals surface area contributed by atoms with E-state index in [-0.39, 0.29) is 0 Å². The van der Waals surface area contributed by atoms with Crippen molar-refractivity contribution in [2.45, 2.75) is 111 Å². The minimum absolute atomic E-state index is 0.323. The average molecular weight is 389 g/mol. The molecule has 0 radical (unpaired) electrons. The fourth-order valence-corrected chi connectivity index (χ4v) is 8.71.